The summed E-state index contributed by atoms with van der Waals surface area (Å²) < 4.78 is 8.39. The monoisotopic (exact) mass is 377 g/mol. The van der Waals surface area contributed by atoms with Crippen LogP contribution in [-0.4, -0.2) is 8.75 Å². The van der Waals surface area contributed by atoms with E-state index in [0.29, 0.717) is 43.4 Å². The van der Waals surface area contributed by atoms with Gasteiger partial charge in [0.25, 0.3) is 0 Å². The molecule has 1 aromatic heterocycles. The first-order valence-electron chi connectivity index (χ1n) is 5.85. The predicted molar refractivity (Wildman–Crippen MR) is 91.2 cm³/mol. The van der Waals surface area contributed by atoms with Crippen LogP contribution in [0.15, 0.2) is 24.3 Å². The highest BCUT2D eigenvalue weighted by molar-refractivity contribution is 7.00. The third-order valence-corrected chi connectivity index (χ3v) is 4.90. The molecule has 0 saturated heterocycles. The zero-order chi connectivity index (χ0) is 15.0. The number of halogens is 4. The van der Waals surface area contributed by atoms with Crippen molar-refractivity contribution in [1.82, 2.24) is 8.75 Å². The van der Waals surface area contributed by atoms with Crippen molar-refractivity contribution in [1.29, 1.82) is 0 Å². The number of aromatic nitrogens is 2. The van der Waals surface area contributed by atoms with E-state index in [1.54, 1.807) is 12.1 Å². The maximum absolute atomic E-state index is 6.23. The quantitative estimate of drug-likeness (QED) is 0.614. The largest absolute Gasteiger partial charge is 0.378 e. The fraction of sp³-hybridized carbons (Fsp3) is 0.0769. The second kappa shape index (κ2) is 6.15. The molecule has 3 rings (SSSR count). The number of rotatable bonds is 3. The Labute approximate surface area is 145 Å². The predicted octanol–water partition coefficient (Wildman–Crippen LogP) is 5.92. The minimum Gasteiger partial charge on any atom is -0.378 e. The molecular weight excluding hydrogens is 372 g/mol. The smallest absolute Gasteiger partial charge is 0.130 e. The van der Waals surface area contributed by atoms with Crippen LogP contribution < -0.4 is 5.32 Å². The van der Waals surface area contributed by atoms with Gasteiger partial charge in [0.15, 0.2) is 0 Å². The van der Waals surface area contributed by atoms with Crippen LogP contribution in [0.1, 0.15) is 5.56 Å². The molecule has 0 spiro atoms. The summed E-state index contributed by atoms with van der Waals surface area (Å²) in [6, 6.07) is 7.12. The highest BCUT2D eigenvalue weighted by atomic mass is 35.5. The molecule has 108 valence electrons. The van der Waals surface area contributed by atoms with Crippen molar-refractivity contribution in [3.05, 3.63) is 49.9 Å². The van der Waals surface area contributed by atoms with Gasteiger partial charge in [0.2, 0.25) is 0 Å². The van der Waals surface area contributed by atoms with Crippen LogP contribution in [-0.2, 0) is 6.54 Å². The summed E-state index contributed by atoms with van der Waals surface area (Å²) in [6.45, 7) is 0.466. The summed E-state index contributed by atoms with van der Waals surface area (Å²) in [5.41, 5.74) is 2.83. The lowest BCUT2D eigenvalue weighted by Gasteiger charge is -2.11. The highest BCUT2D eigenvalue weighted by Gasteiger charge is 2.14. The molecule has 2 aromatic carbocycles. The van der Waals surface area contributed by atoms with Crippen LogP contribution in [0.2, 0.25) is 20.1 Å². The lowest BCUT2D eigenvalue weighted by molar-refractivity contribution is 1.15. The molecule has 0 aliphatic heterocycles. The Kier molecular flexibility index (Phi) is 4.43. The molecule has 0 fully saturated rings. The van der Waals surface area contributed by atoms with Gasteiger partial charge in [0.1, 0.15) is 11.0 Å². The maximum atomic E-state index is 6.23. The van der Waals surface area contributed by atoms with Gasteiger partial charge in [-0.25, -0.2) is 0 Å². The van der Waals surface area contributed by atoms with Crippen LogP contribution in [0.5, 0.6) is 0 Å². The Morgan fingerprint density at radius 2 is 1.71 bits per heavy atom. The van der Waals surface area contributed by atoms with E-state index in [-0.39, 0.29) is 0 Å². The Hall–Kier alpha value is -0.780. The SMILES string of the molecule is Clc1cccc(CNc2c(Cl)cc(Cl)c3nsnc23)c1Cl. The van der Waals surface area contributed by atoms with Crippen LogP contribution >= 0.6 is 58.1 Å². The Balaban J connectivity index is 1.95. The first-order chi connectivity index (χ1) is 10.1. The molecule has 0 aliphatic rings. The van der Waals surface area contributed by atoms with Gasteiger partial charge in [-0.2, -0.15) is 8.75 Å². The van der Waals surface area contributed by atoms with E-state index in [2.05, 4.69) is 14.1 Å². The molecular formula is C13H7Cl4N3S. The minimum absolute atomic E-state index is 0.466. The summed E-state index contributed by atoms with van der Waals surface area (Å²) in [5, 5.41) is 5.22. The van der Waals surface area contributed by atoms with Gasteiger partial charge in [-0.3, -0.25) is 0 Å². The standard InChI is InChI=1S/C13H7Cl4N3S/c14-7-3-1-2-6(10(7)17)5-18-11-8(15)4-9(16)12-13(11)20-21-19-12/h1-4,18H,5H2. The van der Waals surface area contributed by atoms with Crippen molar-refractivity contribution < 1.29 is 0 Å². The van der Waals surface area contributed by atoms with E-state index < -0.39 is 0 Å². The van der Waals surface area contributed by atoms with Crippen molar-refractivity contribution in [2.75, 3.05) is 5.32 Å². The lowest BCUT2D eigenvalue weighted by Crippen LogP contribution is -2.02. The van der Waals surface area contributed by atoms with Gasteiger partial charge in [-0.05, 0) is 17.7 Å². The molecule has 8 heteroatoms. The number of anilines is 1. The van der Waals surface area contributed by atoms with E-state index >= 15 is 0 Å². The zero-order valence-corrected chi connectivity index (χ0v) is 14.2. The third kappa shape index (κ3) is 2.91. The molecule has 0 aliphatic carbocycles. The Morgan fingerprint density at radius 1 is 0.952 bits per heavy atom. The third-order valence-electron chi connectivity index (χ3n) is 2.93. The molecule has 0 amide bonds. The van der Waals surface area contributed by atoms with Crippen molar-refractivity contribution in [2.45, 2.75) is 6.54 Å². The van der Waals surface area contributed by atoms with Crippen LogP contribution in [0.4, 0.5) is 5.69 Å². The summed E-state index contributed by atoms with van der Waals surface area (Å²) >= 11 is 25.6. The average molecular weight is 379 g/mol. The number of nitrogens with zero attached hydrogens (tertiary/aromatic N) is 2. The molecule has 3 aromatic rings. The molecule has 1 N–H and O–H groups in total. The van der Waals surface area contributed by atoms with Gasteiger partial charge >= 0.3 is 0 Å². The van der Waals surface area contributed by atoms with Crippen molar-refractivity contribution in [3.63, 3.8) is 0 Å². The zero-order valence-electron chi connectivity index (χ0n) is 10.3. The summed E-state index contributed by atoms with van der Waals surface area (Å²) in [7, 11) is 0. The van der Waals surface area contributed by atoms with E-state index in [1.807, 2.05) is 12.1 Å². The molecule has 0 bridgehead atoms. The van der Waals surface area contributed by atoms with Crippen LogP contribution in [0.3, 0.4) is 0 Å². The molecule has 3 nitrogen and oxygen atoms in total. The van der Waals surface area contributed by atoms with Gasteiger partial charge in [-0.15, -0.1) is 0 Å². The molecule has 0 atom stereocenters. The van der Waals surface area contributed by atoms with E-state index in [9.17, 15) is 0 Å². The highest BCUT2D eigenvalue weighted by Crippen LogP contribution is 2.36. The first-order valence-corrected chi connectivity index (χ1v) is 8.09. The first kappa shape index (κ1) is 15.1. The number of hydrogen-bond donors (Lipinski definition) is 1. The van der Waals surface area contributed by atoms with Gasteiger partial charge in [0.05, 0.1) is 37.5 Å². The molecule has 0 radical (unpaired) electrons. The maximum Gasteiger partial charge on any atom is 0.130 e. The topological polar surface area (TPSA) is 37.8 Å². The summed E-state index contributed by atoms with van der Waals surface area (Å²) in [4.78, 5) is 0. The van der Waals surface area contributed by atoms with E-state index in [1.165, 1.54) is 0 Å². The van der Waals surface area contributed by atoms with E-state index in [0.717, 1.165) is 17.3 Å². The normalized spacial score (nSPS) is 11.0. The van der Waals surface area contributed by atoms with Crippen molar-refractivity contribution in [3.8, 4) is 0 Å². The van der Waals surface area contributed by atoms with Crippen LogP contribution in [0, 0.1) is 0 Å². The molecule has 0 unspecified atom stereocenters. The fourth-order valence-electron chi connectivity index (χ4n) is 1.91. The number of nitrogens with one attached hydrogen (secondary N) is 1. The lowest BCUT2D eigenvalue weighted by atomic mass is 10.2. The van der Waals surface area contributed by atoms with Gasteiger partial charge in [0, 0.05) is 6.54 Å². The molecule has 21 heavy (non-hydrogen) atoms. The Bertz CT molecular complexity index is 819. The fourth-order valence-corrected chi connectivity index (χ4v) is 3.48. The number of hydrogen-bond acceptors (Lipinski definition) is 4. The minimum atomic E-state index is 0.466. The number of fused-ring (bicyclic) bond motifs is 1. The molecule has 0 saturated carbocycles. The van der Waals surface area contributed by atoms with Gasteiger partial charge < -0.3 is 5.32 Å². The molecule has 1 heterocycles. The van der Waals surface area contributed by atoms with Crippen molar-refractivity contribution in [2.24, 2.45) is 0 Å². The van der Waals surface area contributed by atoms with Gasteiger partial charge in [-0.1, -0.05) is 58.5 Å². The van der Waals surface area contributed by atoms with Crippen molar-refractivity contribution >= 4 is 74.9 Å². The number of benzene rings is 2. The Morgan fingerprint density at radius 3 is 2.52 bits per heavy atom. The summed E-state index contributed by atoms with van der Waals surface area (Å²) in [5.74, 6) is 0. The summed E-state index contributed by atoms with van der Waals surface area (Å²) in [6.07, 6.45) is 0. The second-order valence-electron chi connectivity index (χ2n) is 4.24. The van der Waals surface area contributed by atoms with E-state index in [4.69, 9.17) is 46.4 Å². The average Bonchev–Trinajstić information content (AvgIpc) is 2.92. The second-order valence-corrected chi connectivity index (χ2v) is 6.37. The van der Waals surface area contributed by atoms with Crippen LogP contribution in [0.25, 0.3) is 11.0 Å².